The normalized spacial score (nSPS) is 14.8. The maximum Gasteiger partial charge on any atom is 0.219 e. The molecule has 4 heterocycles. The first kappa shape index (κ1) is 20.3. The second-order valence-electron chi connectivity index (χ2n) is 8.19. The Labute approximate surface area is 186 Å². The van der Waals surface area contributed by atoms with E-state index < -0.39 is 0 Å². The summed E-state index contributed by atoms with van der Waals surface area (Å²) in [6.45, 7) is 3.57. The molecule has 0 aliphatic carbocycles. The van der Waals surface area contributed by atoms with Gasteiger partial charge in [-0.15, -0.1) is 0 Å². The molecule has 8 nitrogen and oxygen atoms in total. The van der Waals surface area contributed by atoms with E-state index in [2.05, 4.69) is 21.1 Å². The Morgan fingerprint density at radius 3 is 2.81 bits per heavy atom. The number of carbonyl (C=O) groups is 1. The summed E-state index contributed by atoms with van der Waals surface area (Å²) in [6, 6.07) is 9.98. The van der Waals surface area contributed by atoms with Crippen molar-refractivity contribution in [2.45, 2.75) is 19.8 Å². The number of piperidine rings is 1. The Morgan fingerprint density at radius 1 is 1.25 bits per heavy atom. The molecule has 1 saturated heterocycles. The number of pyridine rings is 1. The second-order valence-corrected chi connectivity index (χ2v) is 8.19. The van der Waals surface area contributed by atoms with Gasteiger partial charge in [-0.1, -0.05) is 18.2 Å². The maximum absolute atomic E-state index is 11.5. The van der Waals surface area contributed by atoms with Crippen LogP contribution in [0.5, 0.6) is 5.88 Å². The van der Waals surface area contributed by atoms with Crippen molar-refractivity contribution in [2.24, 2.45) is 5.92 Å². The van der Waals surface area contributed by atoms with Gasteiger partial charge in [-0.25, -0.2) is 0 Å². The third-order valence-corrected chi connectivity index (χ3v) is 6.10. The van der Waals surface area contributed by atoms with E-state index in [1.54, 1.807) is 19.3 Å². The van der Waals surface area contributed by atoms with Crippen LogP contribution in [0.2, 0.25) is 0 Å². The van der Waals surface area contributed by atoms with Gasteiger partial charge in [-0.2, -0.15) is 14.6 Å². The molecule has 9 heteroatoms. The van der Waals surface area contributed by atoms with E-state index >= 15 is 0 Å². The van der Waals surface area contributed by atoms with Crippen molar-refractivity contribution >= 4 is 41.6 Å². The third-order valence-electron chi connectivity index (χ3n) is 6.10. The van der Waals surface area contributed by atoms with E-state index in [0.29, 0.717) is 24.1 Å². The summed E-state index contributed by atoms with van der Waals surface area (Å²) in [5.41, 5.74) is 9.70. The van der Waals surface area contributed by atoms with E-state index in [1.807, 2.05) is 29.2 Å². The van der Waals surface area contributed by atoms with Crippen LogP contribution in [-0.2, 0) is 4.79 Å². The zero-order valence-electron chi connectivity index (χ0n) is 17.9. The van der Waals surface area contributed by atoms with Crippen LogP contribution >= 0.6 is 0 Å². The van der Waals surface area contributed by atoms with Gasteiger partial charge in [0.15, 0.2) is 5.65 Å². The van der Waals surface area contributed by atoms with Gasteiger partial charge >= 0.3 is 0 Å². The van der Waals surface area contributed by atoms with E-state index in [9.17, 15) is 4.79 Å². The molecule has 0 bridgehead atoms. The fourth-order valence-electron chi connectivity index (χ4n) is 4.15. The first-order chi connectivity index (χ1) is 15.5. The lowest BCUT2D eigenvalue weighted by Crippen LogP contribution is -2.38. The minimum absolute atomic E-state index is 0.116. The van der Waals surface area contributed by atoms with Gasteiger partial charge in [-0.05, 0) is 30.9 Å². The van der Waals surface area contributed by atoms with Gasteiger partial charge in [0.2, 0.25) is 11.8 Å². The van der Waals surface area contributed by atoms with Crippen LogP contribution in [0, 0.1) is 5.92 Å². The highest BCUT2D eigenvalue weighted by atomic mass is 16.5. The topological polar surface area (TPSA) is 98.6 Å². The number of nitrogen functional groups attached to an aromatic ring is 1. The molecule has 1 amide bonds. The van der Waals surface area contributed by atoms with Crippen LogP contribution < -0.4 is 15.9 Å². The number of amides is 1. The quantitative estimate of drug-likeness (QED) is 0.501. The summed E-state index contributed by atoms with van der Waals surface area (Å²) in [6.07, 6.45) is 5.29. The number of nitrogens with zero attached hydrogens (tertiary/aromatic N) is 5. The number of aromatic nitrogens is 4. The molecule has 4 aromatic rings. The molecule has 1 fully saturated rings. The van der Waals surface area contributed by atoms with E-state index in [1.165, 1.54) is 4.52 Å². The molecule has 0 atom stereocenters. The molecular weight excluding hydrogens is 403 g/mol. The Kier molecular flexibility index (Phi) is 5.17. The zero-order valence-corrected chi connectivity index (χ0v) is 17.9. The summed E-state index contributed by atoms with van der Waals surface area (Å²) in [5, 5.41) is 5.41. The van der Waals surface area contributed by atoms with Crippen molar-refractivity contribution in [3.63, 3.8) is 0 Å². The minimum Gasteiger partial charge on any atom is -0.478 e. The lowest BCUT2D eigenvalue weighted by Gasteiger charge is -2.31. The van der Waals surface area contributed by atoms with Crippen LogP contribution in [-0.4, -0.2) is 57.9 Å². The Bertz CT molecular complexity index is 1310. The number of hydrogen-bond donors (Lipinski definition) is 1. The minimum atomic E-state index is 0.116. The first-order valence-corrected chi connectivity index (χ1v) is 10.7. The highest BCUT2D eigenvalue weighted by molar-refractivity contribution is 6.37. The van der Waals surface area contributed by atoms with E-state index in [4.69, 9.17) is 18.3 Å². The SMILES string of the molecule is [B]c1c(OCC2CCN(C(C)=O)CC2)nc2c(-c3cnc4ccccc4c3)cnn2c1N. The molecule has 0 unspecified atom stereocenters. The maximum atomic E-state index is 11.5. The Hall–Kier alpha value is -3.62. The van der Waals surface area contributed by atoms with Crippen molar-refractivity contribution < 1.29 is 9.53 Å². The third kappa shape index (κ3) is 3.64. The zero-order chi connectivity index (χ0) is 22.2. The predicted octanol–water partition coefficient (Wildman–Crippen LogP) is 1.96. The van der Waals surface area contributed by atoms with Gasteiger partial charge in [0.25, 0.3) is 0 Å². The van der Waals surface area contributed by atoms with Crippen molar-refractivity contribution in [1.29, 1.82) is 0 Å². The smallest absolute Gasteiger partial charge is 0.219 e. The second kappa shape index (κ2) is 8.14. The number of ether oxygens (including phenoxy) is 1. The van der Waals surface area contributed by atoms with Crippen molar-refractivity contribution in [1.82, 2.24) is 24.5 Å². The molecule has 0 saturated carbocycles. The molecule has 2 N–H and O–H groups in total. The van der Waals surface area contributed by atoms with Crippen molar-refractivity contribution in [3.8, 4) is 17.0 Å². The molecule has 1 aliphatic heterocycles. The molecule has 5 rings (SSSR count). The molecule has 3 aromatic heterocycles. The molecule has 2 radical (unpaired) electrons. The number of likely N-dealkylation sites (tertiary alicyclic amines) is 1. The summed E-state index contributed by atoms with van der Waals surface area (Å²) < 4.78 is 7.54. The highest BCUT2D eigenvalue weighted by Gasteiger charge is 2.22. The van der Waals surface area contributed by atoms with Gasteiger partial charge in [-0.3, -0.25) is 9.78 Å². The molecule has 160 valence electrons. The van der Waals surface area contributed by atoms with Crippen LogP contribution in [0.25, 0.3) is 27.7 Å². The number of nitrogens with two attached hydrogens (primary N) is 1. The number of benzene rings is 1. The lowest BCUT2D eigenvalue weighted by atomic mass is 9.96. The van der Waals surface area contributed by atoms with Crippen LogP contribution in [0.4, 0.5) is 5.82 Å². The summed E-state index contributed by atoms with van der Waals surface area (Å²) in [7, 11) is 6.21. The number of carbonyl (C=O) groups excluding carboxylic acids is 1. The summed E-state index contributed by atoms with van der Waals surface area (Å²) in [4.78, 5) is 22.6. The molecule has 32 heavy (non-hydrogen) atoms. The number of hydrogen-bond acceptors (Lipinski definition) is 6. The van der Waals surface area contributed by atoms with Gasteiger partial charge in [0.05, 0.1) is 18.3 Å². The number of fused-ring (bicyclic) bond motifs is 2. The summed E-state index contributed by atoms with van der Waals surface area (Å²) >= 11 is 0. The fourth-order valence-corrected chi connectivity index (χ4v) is 4.15. The number of para-hydroxylation sites is 1. The van der Waals surface area contributed by atoms with Crippen molar-refractivity contribution in [3.05, 3.63) is 42.7 Å². The number of rotatable bonds is 4. The lowest BCUT2D eigenvalue weighted by molar-refractivity contribution is -0.130. The molecular formula is C23H23BN6O2. The van der Waals surface area contributed by atoms with E-state index in [0.717, 1.165) is 48.0 Å². The monoisotopic (exact) mass is 426 g/mol. The molecule has 1 aliphatic rings. The van der Waals surface area contributed by atoms with Crippen LogP contribution in [0.15, 0.2) is 42.7 Å². The summed E-state index contributed by atoms with van der Waals surface area (Å²) in [5.74, 6) is 1.04. The van der Waals surface area contributed by atoms with Gasteiger partial charge in [0, 0.05) is 48.2 Å². The molecule has 0 spiro atoms. The average Bonchev–Trinajstić information content (AvgIpc) is 3.24. The Balaban J connectivity index is 1.43. The van der Waals surface area contributed by atoms with E-state index in [-0.39, 0.29) is 17.2 Å². The van der Waals surface area contributed by atoms with Gasteiger partial charge < -0.3 is 15.4 Å². The standard InChI is InChI=1S/C23H23BN6O2/c1-14(31)29-8-6-15(7-9-29)13-32-23-20(24)21(25)30-22(28-23)18(12-27-30)17-10-16-4-2-3-5-19(16)26-11-17/h2-5,10-12,15H,6-9,13,25H2,1H3. The first-order valence-electron chi connectivity index (χ1n) is 10.7. The largest absolute Gasteiger partial charge is 0.478 e. The van der Waals surface area contributed by atoms with Crippen molar-refractivity contribution in [2.75, 3.05) is 25.4 Å². The average molecular weight is 426 g/mol. The predicted molar refractivity (Wildman–Crippen MR) is 124 cm³/mol. The Morgan fingerprint density at radius 2 is 2.03 bits per heavy atom. The molecule has 1 aromatic carbocycles. The fraction of sp³-hybridized carbons (Fsp3) is 0.304. The number of anilines is 1. The van der Waals surface area contributed by atoms with Crippen LogP contribution in [0.3, 0.4) is 0 Å². The van der Waals surface area contributed by atoms with Crippen LogP contribution in [0.1, 0.15) is 19.8 Å². The van der Waals surface area contributed by atoms with Gasteiger partial charge in [0.1, 0.15) is 13.7 Å². The highest BCUT2D eigenvalue weighted by Crippen LogP contribution is 2.28.